The molecule has 0 spiro atoms. The molecule has 0 aliphatic carbocycles. The van der Waals surface area contributed by atoms with Crippen molar-refractivity contribution in [3.05, 3.63) is 76.6 Å². The molecule has 0 atom stereocenters. The highest BCUT2D eigenvalue weighted by molar-refractivity contribution is 5.79. The van der Waals surface area contributed by atoms with E-state index in [0.29, 0.717) is 26.3 Å². The van der Waals surface area contributed by atoms with E-state index in [1.807, 2.05) is 35.9 Å². The third-order valence-corrected chi connectivity index (χ3v) is 5.31. The summed E-state index contributed by atoms with van der Waals surface area (Å²) in [5, 5.41) is 11.5. The first-order valence-corrected chi connectivity index (χ1v) is 10.8. The zero-order valence-electron chi connectivity index (χ0n) is 19.6. The van der Waals surface area contributed by atoms with Gasteiger partial charge in [-0.3, -0.25) is 4.99 Å². The molecule has 0 saturated heterocycles. The van der Waals surface area contributed by atoms with E-state index in [9.17, 15) is 0 Å². The first kappa shape index (κ1) is 23.3. The maximum atomic E-state index is 5.89. The topological polar surface area (TPSA) is 72.7 Å². The number of benzene rings is 2. The van der Waals surface area contributed by atoms with Crippen molar-refractivity contribution in [2.75, 3.05) is 27.4 Å². The van der Waals surface area contributed by atoms with E-state index < -0.39 is 0 Å². The molecular weight excluding hydrogens is 402 g/mol. The molecule has 0 unspecified atom stereocenters. The lowest BCUT2D eigenvalue weighted by molar-refractivity contribution is 0.145. The number of para-hydroxylation sites is 1. The van der Waals surface area contributed by atoms with Gasteiger partial charge < -0.3 is 20.1 Å². The molecule has 7 nitrogen and oxygen atoms in total. The average molecular weight is 436 g/mol. The molecule has 1 aromatic heterocycles. The third kappa shape index (κ3) is 5.88. The molecule has 3 aromatic rings. The quantitative estimate of drug-likeness (QED) is 0.305. The number of ether oxygens (including phenoxy) is 2. The van der Waals surface area contributed by atoms with Crippen LogP contribution in [0.5, 0.6) is 5.75 Å². The van der Waals surface area contributed by atoms with Crippen molar-refractivity contribution < 1.29 is 9.47 Å². The van der Waals surface area contributed by atoms with Crippen LogP contribution in [0.1, 0.15) is 28.1 Å². The number of aromatic nitrogens is 2. The van der Waals surface area contributed by atoms with Crippen molar-refractivity contribution in [1.82, 2.24) is 20.4 Å². The van der Waals surface area contributed by atoms with Gasteiger partial charge in [-0.15, -0.1) is 0 Å². The first-order chi connectivity index (χ1) is 15.5. The molecule has 7 heteroatoms. The standard InChI is InChI=1S/C25H33N5O2/c1-18-11-12-21(24(15-18)32-14-13-31-5)16-27-25(26-4)28-17-23-19(2)29-30(20(23)3)22-9-7-6-8-10-22/h6-12,15H,13-14,16-17H2,1-5H3,(H2,26,27,28). The summed E-state index contributed by atoms with van der Waals surface area (Å²) in [6.07, 6.45) is 0. The van der Waals surface area contributed by atoms with E-state index in [2.05, 4.69) is 53.7 Å². The van der Waals surface area contributed by atoms with Crippen molar-refractivity contribution in [2.45, 2.75) is 33.9 Å². The highest BCUT2D eigenvalue weighted by Crippen LogP contribution is 2.20. The summed E-state index contributed by atoms with van der Waals surface area (Å²) in [4.78, 5) is 4.37. The van der Waals surface area contributed by atoms with Crippen LogP contribution in [-0.4, -0.2) is 43.1 Å². The molecule has 32 heavy (non-hydrogen) atoms. The number of rotatable bonds is 9. The first-order valence-electron chi connectivity index (χ1n) is 10.8. The number of aryl methyl sites for hydroxylation is 2. The smallest absolute Gasteiger partial charge is 0.191 e. The molecule has 0 bridgehead atoms. The average Bonchev–Trinajstić information content (AvgIpc) is 3.09. The van der Waals surface area contributed by atoms with Crippen LogP contribution in [0.3, 0.4) is 0 Å². The van der Waals surface area contributed by atoms with Crippen LogP contribution >= 0.6 is 0 Å². The van der Waals surface area contributed by atoms with E-state index in [0.717, 1.165) is 45.5 Å². The summed E-state index contributed by atoms with van der Waals surface area (Å²) in [7, 11) is 3.44. The normalized spacial score (nSPS) is 11.5. The molecule has 1 heterocycles. The van der Waals surface area contributed by atoms with E-state index >= 15 is 0 Å². The Labute approximate surface area is 190 Å². The Bertz CT molecular complexity index is 1040. The zero-order chi connectivity index (χ0) is 22.9. The van der Waals surface area contributed by atoms with E-state index in [1.54, 1.807) is 14.2 Å². The predicted molar refractivity (Wildman–Crippen MR) is 129 cm³/mol. The van der Waals surface area contributed by atoms with Gasteiger partial charge in [-0.2, -0.15) is 5.10 Å². The van der Waals surface area contributed by atoms with Gasteiger partial charge in [0.15, 0.2) is 5.96 Å². The maximum Gasteiger partial charge on any atom is 0.191 e. The summed E-state index contributed by atoms with van der Waals surface area (Å²) in [6.45, 7) is 8.49. The second-order valence-corrected chi connectivity index (χ2v) is 7.63. The fourth-order valence-electron chi connectivity index (χ4n) is 3.50. The van der Waals surface area contributed by atoms with Gasteiger partial charge in [0.25, 0.3) is 0 Å². The highest BCUT2D eigenvalue weighted by Gasteiger charge is 2.13. The lowest BCUT2D eigenvalue weighted by atomic mass is 10.1. The van der Waals surface area contributed by atoms with Gasteiger partial charge in [0.2, 0.25) is 0 Å². The second kappa shape index (κ2) is 11.3. The van der Waals surface area contributed by atoms with Gasteiger partial charge in [0, 0.05) is 44.1 Å². The van der Waals surface area contributed by atoms with Crippen molar-refractivity contribution >= 4 is 5.96 Å². The van der Waals surface area contributed by atoms with E-state index in [4.69, 9.17) is 14.6 Å². The van der Waals surface area contributed by atoms with Gasteiger partial charge in [-0.05, 0) is 44.5 Å². The minimum Gasteiger partial charge on any atom is -0.491 e. The minimum absolute atomic E-state index is 0.518. The van der Waals surface area contributed by atoms with Crippen LogP contribution < -0.4 is 15.4 Å². The zero-order valence-corrected chi connectivity index (χ0v) is 19.6. The molecule has 0 fully saturated rings. The van der Waals surface area contributed by atoms with Gasteiger partial charge in [0.05, 0.1) is 18.0 Å². The number of hydrogen-bond acceptors (Lipinski definition) is 4. The largest absolute Gasteiger partial charge is 0.491 e. The molecule has 2 aromatic carbocycles. The molecule has 2 N–H and O–H groups in total. The Morgan fingerprint density at radius 2 is 1.75 bits per heavy atom. The monoisotopic (exact) mass is 435 g/mol. The number of aliphatic imine (C=N–C) groups is 1. The fraction of sp³-hybridized carbons (Fsp3) is 0.360. The van der Waals surface area contributed by atoms with Gasteiger partial charge >= 0.3 is 0 Å². The highest BCUT2D eigenvalue weighted by atomic mass is 16.5. The summed E-state index contributed by atoms with van der Waals surface area (Å²) >= 11 is 0. The summed E-state index contributed by atoms with van der Waals surface area (Å²) in [5.41, 5.74) is 6.56. The maximum absolute atomic E-state index is 5.89. The Morgan fingerprint density at radius 3 is 2.47 bits per heavy atom. The van der Waals surface area contributed by atoms with Crippen LogP contribution in [-0.2, 0) is 17.8 Å². The van der Waals surface area contributed by atoms with Gasteiger partial charge in [-0.1, -0.05) is 30.3 Å². The lowest BCUT2D eigenvalue weighted by Crippen LogP contribution is -2.36. The van der Waals surface area contributed by atoms with Crippen molar-refractivity contribution in [3.63, 3.8) is 0 Å². The summed E-state index contributed by atoms with van der Waals surface area (Å²) in [5.74, 6) is 1.58. The minimum atomic E-state index is 0.518. The Balaban J connectivity index is 1.64. The molecule has 0 amide bonds. The van der Waals surface area contributed by atoms with Crippen LogP contribution in [0.2, 0.25) is 0 Å². The third-order valence-electron chi connectivity index (χ3n) is 5.31. The summed E-state index contributed by atoms with van der Waals surface area (Å²) in [6, 6.07) is 16.4. The second-order valence-electron chi connectivity index (χ2n) is 7.63. The number of nitrogens with zero attached hydrogens (tertiary/aromatic N) is 3. The van der Waals surface area contributed by atoms with Crippen molar-refractivity contribution in [2.24, 2.45) is 4.99 Å². The van der Waals surface area contributed by atoms with E-state index in [-0.39, 0.29) is 0 Å². The molecule has 170 valence electrons. The van der Waals surface area contributed by atoms with E-state index in [1.165, 1.54) is 0 Å². The molecule has 0 aliphatic heterocycles. The Kier molecular flexibility index (Phi) is 8.27. The van der Waals surface area contributed by atoms with Gasteiger partial charge in [0.1, 0.15) is 12.4 Å². The van der Waals surface area contributed by atoms with Crippen LogP contribution in [0.15, 0.2) is 53.5 Å². The van der Waals surface area contributed by atoms with Crippen LogP contribution in [0.25, 0.3) is 5.69 Å². The number of methoxy groups -OCH3 is 1. The molecule has 3 rings (SSSR count). The number of nitrogens with one attached hydrogen (secondary N) is 2. The van der Waals surface area contributed by atoms with Crippen LogP contribution in [0, 0.1) is 20.8 Å². The molecule has 0 saturated carbocycles. The lowest BCUT2D eigenvalue weighted by Gasteiger charge is -2.15. The molecule has 0 aliphatic rings. The number of hydrogen-bond donors (Lipinski definition) is 2. The molecule has 0 radical (unpaired) electrons. The van der Waals surface area contributed by atoms with Crippen molar-refractivity contribution in [3.8, 4) is 11.4 Å². The SMILES string of the molecule is CN=C(NCc1ccc(C)cc1OCCOC)NCc1c(C)nn(-c2ccccc2)c1C. The van der Waals surface area contributed by atoms with Crippen LogP contribution in [0.4, 0.5) is 0 Å². The Hall–Kier alpha value is -3.32. The van der Waals surface area contributed by atoms with Crippen molar-refractivity contribution in [1.29, 1.82) is 0 Å². The van der Waals surface area contributed by atoms with Gasteiger partial charge in [-0.25, -0.2) is 4.68 Å². The summed E-state index contributed by atoms with van der Waals surface area (Å²) < 4.78 is 13.0. The predicted octanol–water partition coefficient (Wildman–Crippen LogP) is 3.69. The fourth-order valence-corrected chi connectivity index (χ4v) is 3.50. The molecular formula is C25H33N5O2. The number of guanidine groups is 1. The Morgan fingerprint density at radius 1 is 1.00 bits per heavy atom.